The molecular formula is C29H46O8. The smallest absolute Gasteiger partial charge is 0.303 e. The van der Waals surface area contributed by atoms with Crippen LogP contribution in [0.4, 0.5) is 0 Å². The Labute approximate surface area is 221 Å². The minimum Gasteiger partial charge on any atom is -0.463 e. The van der Waals surface area contributed by atoms with Crippen LogP contribution < -0.4 is 0 Å². The lowest BCUT2D eigenvalue weighted by molar-refractivity contribution is -0.264. The van der Waals surface area contributed by atoms with Gasteiger partial charge in [-0.15, -0.1) is 6.58 Å². The zero-order chi connectivity index (χ0) is 27.2. The van der Waals surface area contributed by atoms with Gasteiger partial charge < -0.3 is 28.8 Å². The number of ether oxygens (including phenoxy) is 5. The van der Waals surface area contributed by atoms with E-state index in [-0.39, 0.29) is 28.6 Å². The Kier molecular flexibility index (Phi) is 7.90. The zero-order valence-electron chi connectivity index (χ0n) is 23.4. The molecule has 0 aromatic rings. The van der Waals surface area contributed by atoms with Gasteiger partial charge in [-0.05, 0) is 75.0 Å². The molecule has 1 N–H and O–H groups in total. The summed E-state index contributed by atoms with van der Waals surface area (Å²) in [6, 6.07) is 0. The summed E-state index contributed by atoms with van der Waals surface area (Å²) >= 11 is 0. The molecule has 0 amide bonds. The first-order valence-electron chi connectivity index (χ1n) is 13.8. The average molecular weight is 523 g/mol. The molecule has 8 heteroatoms. The van der Waals surface area contributed by atoms with Gasteiger partial charge in [0, 0.05) is 13.8 Å². The highest BCUT2D eigenvalue weighted by Gasteiger charge is 2.62. The molecule has 2 aliphatic heterocycles. The first-order chi connectivity index (χ1) is 17.3. The van der Waals surface area contributed by atoms with Crippen molar-refractivity contribution in [3.8, 4) is 0 Å². The van der Waals surface area contributed by atoms with Crippen LogP contribution in [-0.2, 0) is 33.3 Å². The van der Waals surface area contributed by atoms with E-state index >= 15 is 0 Å². The van der Waals surface area contributed by atoms with E-state index in [4.69, 9.17) is 23.7 Å². The predicted molar refractivity (Wildman–Crippen MR) is 136 cm³/mol. The minimum absolute atomic E-state index is 0.101. The van der Waals surface area contributed by atoms with Gasteiger partial charge in [-0.3, -0.25) is 9.59 Å². The van der Waals surface area contributed by atoms with Crippen molar-refractivity contribution in [3.05, 3.63) is 12.7 Å². The quantitative estimate of drug-likeness (QED) is 0.390. The summed E-state index contributed by atoms with van der Waals surface area (Å²) in [4.78, 5) is 23.0. The Balaban J connectivity index is 1.49. The maximum absolute atomic E-state index is 11.7. The summed E-state index contributed by atoms with van der Waals surface area (Å²) in [5, 5.41) is 10.7. The molecule has 4 rings (SSSR count). The van der Waals surface area contributed by atoms with E-state index in [1.54, 1.807) is 0 Å². The molecule has 0 spiro atoms. The number of fused-ring (bicyclic) bond motifs is 3. The van der Waals surface area contributed by atoms with Crippen LogP contribution in [0.15, 0.2) is 12.7 Å². The van der Waals surface area contributed by atoms with Crippen LogP contribution in [0, 0.1) is 22.7 Å². The Bertz CT molecular complexity index is 891. The lowest BCUT2D eigenvalue weighted by Crippen LogP contribution is -2.63. The van der Waals surface area contributed by atoms with Crippen molar-refractivity contribution in [2.24, 2.45) is 22.7 Å². The third kappa shape index (κ3) is 5.36. The molecule has 0 aromatic carbocycles. The topological polar surface area (TPSA) is 101 Å². The lowest BCUT2D eigenvalue weighted by atomic mass is 9.44. The van der Waals surface area contributed by atoms with Crippen molar-refractivity contribution in [3.63, 3.8) is 0 Å². The van der Waals surface area contributed by atoms with E-state index in [1.807, 2.05) is 6.08 Å². The van der Waals surface area contributed by atoms with Gasteiger partial charge in [-0.2, -0.15) is 0 Å². The van der Waals surface area contributed by atoms with Crippen molar-refractivity contribution in [2.45, 2.75) is 122 Å². The van der Waals surface area contributed by atoms with Gasteiger partial charge >= 0.3 is 11.9 Å². The van der Waals surface area contributed by atoms with Crippen LogP contribution in [0.3, 0.4) is 0 Å². The lowest BCUT2D eigenvalue weighted by Gasteiger charge is -2.65. The van der Waals surface area contributed by atoms with E-state index in [0.29, 0.717) is 18.4 Å². The number of hydrogen-bond acceptors (Lipinski definition) is 8. The summed E-state index contributed by atoms with van der Waals surface area (Å²) in [7, 11) is 0. The number of esters is 2. The monoisotopic (exact) mass is 522 g/mol. The predicted octanol–water partition coefficient (Wildman–Crippen LogP) is 4.32. The number of aliphatic hydroxyl groups excluding tert-OH is 1. The largest absolute Gasteiger partial charge is 0.463 e. The molecule has 0 aromatic heterocycles. The molecule has 0 unspecified atom stereocenters. The fraction of sp³-hybridized carbons (Fsp3) is 0.862. The molecule has 4 aliphatic rings. The minimum atomic E-state index is -1.15. The molecule has 2 aliphatic carbocycles. The number of hydrogen-bond donors (Lipinski definition) is 1. The van der Waals surface area contributed by atoms with Gasteiger partial charge in [0.2, 0.25) is 0 Å². The molecule has 4 fully saturated rings. The second kappa shape index (κ2) is 10.2. The van der Waals surface area contributed by atoms with Crippen molar-refractivity contribution >= 4 is 11.9 Å². The molecule has 2 saturated heterocycles. The van der Waals surface area contributed by atoms with Crippen molar-refractivity contribution in [1.29, 1.82) is 0 Å². The van der Waals surface area contributed by atoms with E-state index in [0.717, 1.165) is 38.5 Å². The number of carbonyl (C=O) groups is 2. The maximum Gasteiger partial charge on any atom is 0.303 e. The van der Waals surface area contributed by atoms with Gasteiger partial charge in [0.1, 0.15) is 18.8 Å². The van der Waals surface area contributed by atoms with Crippen LogP contribution >= 0.6 is 0 Å². The average Bonchev–Trinajstić information content (AvgIpc) is 3.09. The summed E-state index contributed by atoms with van der Waals surface area (Å²) < 4.78 is 29.4. The Hall–Kier alpha value is -1.48. The van der Waals surface area contributed by atoms with Gasteiger partial charge in [0.25, 0.3) is 0 Å². The SMILES string of the molecule is C=C[C@@]1(C)CC[C@@H]2[C@@]3(C)CCC[C@](C)(CO[C@@H]4O[C@@H](COC(C)=O)[C@H](O)[C@H]4OC(C)=O)[C@@H]3CC[C@@]2(C)O1. The first kappa shape index (κ1) is 28.5. The summed E-state index contributed by atoms with van der Waals surface area (Å²) in [6.45, 7) is 16.1. The van der Waals surface area contributed by atoms with Crippen molar-refractivity contribution in [2.75, 3.05) is 13.2 Å². The molecule has 0 bridgehead atoms. The fourth-order valence-corrected chi connectivity index (χ4v) is 8.27. The second-order valence-corrected chi connectivity index (χ2v) is 12.8. The molecule has 210 valence electrons. The number of aliphatic hydroxyl groups is 1. The van der Waals surface area contributed by atoms with E-state index < -0.39 is 36.5 Å². The molecule has 0 radical (unpaired) electrons. The molecule has 10 atom stereocenters. The van der Waals surface area contributed by atoms with Crippen molar-refractivity contribution < 1.29 is 38.4 Å². The van der Waals surface area contributed by atoms with Crippen LogP contribution in [0.5, 0.6) is 0 Å². The summed E-state index contributed by atoms with van der Waals surface area (Å²) in [5.41, 5.74) is -0.426. The molecular weight excluding hydrogens is 476 g/mol. The third-order valence-electron chi connectivity index (χ3n) is 10.0. The Morgan fingerprint density at radius 3 is 2.38 bits per heavy atom. The van der Waals surface area contributed by atoms with Gasteiger partial charge in [0.15, 0.2) is 12.4 Å². The molecule has 2 saturated carbocycles. The fourth-order valence-electron chi connectivity index (χ4n) is 8.27. The standard InChI is InChI=1S/C29H46O8/c1-8-27(5)14-10-22-28(6)13-9-12-26(4,21(28)11-15-29(22,7)37-27)17-34-25-24(35-19(3)31)23(32)20(36-25)16-33-18(2)30/h8,20-25,32H,1,9-17H2,2-7H3/t20-,21-,22+,23-,24+,25+,26+,27-,28-,29+/m0/s1. The van der Waals surface area contributed by atoms with E-state index in [1.165, 1.54) is 20.3 Å². The number of rotatable bonds is 7. The van der Waals surface area contributed by atoms with Crippen LogP contribution in [0.1, 0.15) is 86.5 Å². The Morgan fingerprint density at radius 2 is 1.73 bits per heavy atom. The first-order valence-corrected chi connectivity index (χ1v) is 13.8. The van der Waals surface area contributed by atoms with Crippen LogP contribution in [0.25, 0.3) is 0 Å². The van der Waals surface area contributed by atoms with Gasteiger partial charge in [-0.1, -0.05) is 26.3 Å². The van der Waals surface area contributed by atoms with Gasteiger partial charge in [-0.25, -0.2) is 0 Å². The van der Waals surface area contributed by atoms with Crippen LogP contribution in [0.2, 0.25) is 0 Å². The molecule has 37 heavy (non-hydrogen) atoms. The van der Waals surface area contributed by atoms with Crippen LogP contribution in [-0.4, -0.2) is 66.1 Å². The van der Waals surface area contributed by atoms with Gasteiger partial charge in [0.05, 0.1) is 17.8 Å². The third-order valence-corrected chi connectivity index (χ3v) is 10.0. The highest BCUT2D eigenvalue weighted by molar-refractivity contribution is 5.66. The Morgan fingerprint density at radius 1 is 1.03 bits per heavy atom. The maximum atomic E-state index is 11.7. The summed E-state index contributed by atoms with van der Waals surface area (Å²) in [6.07, 6.45) is 5.54. The molecule has 8 nitrogen and oxygen atoms in total. The second-order valence-electron chi connectivity index (χ2n) is 12.8. The zero-order valence-corrected chi connectivity index (χ0v) is 23.4. The van der Waals surface area contributed by atoms with Crippen molar-refractivity contribution in [1.82, 2.24) is 0 Å². The van der Waals surface area contributed by atoms with E-state index in [9.17, 15) is 14.7 Å². The normalized spacial score (nSPS) is 47.4. The molecule has 2 heterocycles. The highest BCUT2D eigenvalue weighted by Crippen LogP contribution is 2.65. The highest BCUT2D eigenvalue weighted by atomic mass is 16.7. The van der Waals surface area contributed by atoms with E-state index in [2.05, 4.69) is 34.3 Å². The summed E-state index contributed by atoms with van der Waals surface area (Å²) in [5.74, 6) is -0.0967. The number of carbonyl (C=O) groups excluding carboxylic acids is 2.